The highest BCUT2D eigenvalue weighted by molar-refractivity contribution is 5.85. The van der Waals surface area contributed by atoms with Gasteiger partial charge in [-0.3, -0.25) is 4.79 Å². The Hall–Kier alpha value is -3.08. The minimum absolute atomic E-state index is 0.262. The topological polar surface area (TPSA) is 72.8 Å². The fraction of sp³-hybridized carbons (Fsp3) is 0.238. The fourth-order valence-corrected chi connectivity index (χ4v) is 2.27. The Labute approximate surface area is 152 Å². The average molecular weight is 354 g/mol. The Morgan fingerprint density at radius 1 is 1.08 bits per heavy atom. The first-order valence-corrected chi connectivity index (χ1v) is 8.51. The number of carbonyl (C=O) groups is 2. The molecule has 2 aromatic carbocycles. The van der Waals surface area contributed by atoms with Gasteiger partial charge < -0.3 is 14.6 Å². The highest BCUT2D eigenvalue weighted by Crippen LogP contribution is 2.29. The molecule has 0 radical (unpaired) electrons. The van der Waals surface area contributed by atoms with Gasteiger partial charge in [-0.2, -0.15) is 0 Å². The number of carbonyl (C=O) groups excluding carboxylic acids is 1. The molecule has 0 aliphatic carbocycles. The van der Waals surface area contributed by atoms with E-state index in [1.54, 1.807) is 18.2 Å². The molecular formula is C21H22O5. The molecule has 0 amide bonds. The quantitative estimate of drug-likeness (QED) is 0.417. The predicted octanol–water partition coefficient (Wildman–Crippen LogP) is 4.11. The van der Waals surface area contributed by atoms with Crippen molar-refractivity contribution in [3.63, 3.8) is 0 Å². The van der Waals surface area contributed by atoms with Crippen molar-refractivity contribution in [3.8, 4) is 11.5 Å². The zero-order valence-electron chi connectivity index (χ0n) is 14.7. The third kappa shape index (κ3) is 6.43. The van der Waals surface area contributed by atoms with Crippen LogP contribution < -0.4 is 9.47 Å². The van der Waals surface area contributed by atoms with E-state index >= 15 is 0 Å². The molecule has 26 heavy (non-hydrogen) atoms. The smallest absolute Gasteiger partial charge is 0.328 e. The molecule has 5 heteroatoms. The second kappa shape index (κ2) is 10.0. The number of benzene rings is 2. The number of carboxylic acids is 1. The van der Waals surface area contributed by atoms with Crippen molar-refractivity contribution in [2.45, 2.75) is 26.2 Å². The van der Waals surface area contributed by atoms with Gasteiger partial charge in [0.15, 0.2) is 11.5 Å². The van der Waals surface area contributed by atoms with E-state index in [1.165, 1.54) is 6.08 Å². The van der Waals surface area contributed by atoms with Crippen LogP contribution in [0.25, 0.3) is 6.08 Å². The zero-order valence-corrected chi connectivity index (χ0v) is 14.7. The first-order valence-electron chi connectivity index (χ1n) is 8.51. The zero-order chi connectivity index (χ0) is 18.8. The molecular weight excluding hydrogens is 332 g/mol. The van der Waals surface area contributed by atoms with Gasteiger partial charge in [0, 0.05) is 12.5 Å². The van der Waals surface area contributed by atoms with Crippen LogP contribution in [0.2, 0.25) is 0 Å². The summed E-state index contributed by atoms with van der Waals surface area (Å²) in [4.78, 5) is 22.8. The van der Waals surface area contributed by atoms with Gasteiger partial charge in [-0.15, -0.1) is 0 Å². The average Bonchev–Trinajstić information content (AvgIpc) is 2.65. The Bertz CT molecular complexity index is 765. The molecule has 0 saturated heterocycles. The third-order valence-electron chi connectivity index (χ3n) is 3.53. The van der Waals surface area contributed by atoms with Crippen molar-refractivity contribution < 1.29 is 24.2 Å². The van der Waals surface area contributed by atoms with E-state index < -0.39 is 5.97 Å². The molecule has 1 N–H and O–H groups in total. The van der Waals surface area contributed by atoms with Crippen molar-refractivity contribution in [1.82, 2.24) is 0 Å². The molecule has 5 nitrogen and oxygen atoms in total. The van der Waals surface area contributed by atoms with E-state index in [1.807, 2.05) is 37.3 Å². The molecule has 0 fully saturated rings. The van der Waals surface area contributed by atoms with Crippen LogP contribution in [0.1, 0.15) is 30.9 Å². The number of rotatable bonds is 9. The Morgan fingerprint density at radius 3 is 2.54 bits per heavy atom. The lowest BCUT2D eigenvalue weighted by Gasteiger charge is -2.12. The predicted molar refractivity (Wildman–Crippen MR) is 99.3 cm³/mol. The Morgan fingerprint density at radius 2 is 1.85 bits per heavy atom. The first kappa shape index (κ1) is 19.2. The van der Waals surface area contributed by atoms with Gasteiger partial charge in [0.2, 0.25) is 0 Å². The summed E-state index contributed by atoms with van der Waals surface area (Å²) in [5, 5.41) is 8.72. The number of aryl methyl sites for hydroxylation is 1. The van der Waals surface area contributed by atoms with Crippen molar-refractivity contribution in [2.75, 3.05) is 6.61 Å². The molecule has 0 bridgehead atoms. The summed E-state index contributed by atoms with van der Waals surface area (Å²) >= 11 is 0. The minimum atomic E-state index is -1.03. The van der Waals surface area contributed by atoms with E-state index in [2.05, 4.69) is 0 Å². The minimum Gasteiger partial charge on any atom is -0.490 e. The SMILES string of the molecule is CCCOc1cc(/C=C/C(=O)O)ccc1OC(=O)CCc1ccccc1. The van der Waals surface area contributed by atoms with Crippen LogP contribution in [0.15, 0.2) is 54.6 Å². The van der Waals surface area contributed by atoms with Crippen LogP contribution in [0.4, 0.5) is 0 Å². The van der Waals surface area contributed by atoms with Crippen LogP contribution in [-0.2, 0) is 16.0 Å². The highest BCUT2D eigenvalue weighted by atomic mass is 16.6. The summed E-state index contributed by atoms with van der Waals surface area (Å²) in [7, 11) is 0. The summed E-state index contributed by atoms with van der Waals surface area (Å²) in [5.74, 6) is -0.613. The molecule has 0 aliphatic rings. The number of hydrogen-bond acceptors (Lipinski definition) is 4. The number of esters is 1. The summed E-state index contributed by atoms with van der Waals surface area (Å²) in [6.07, 6.45) is 4.17. The van der Waals surface area contributed by atoms with E-state index in [-0.39, 0.29) is 12.4 Å². The maximum atomic E-state index is 12.1. The molecule has 0 spiro atoms. The number of carboxylic acid groups (broad SMARTS) is 1. The monoisotopic (exact) mass is 354 g/mol. The van der Waals surface area contributed by atoms with Gasteiger partial charge in [0.05, 0.1) is 6.61 Å². The summed E-state index contributed by atoms with van der Waals surface area (Å²) in [6, 6.07) is 14.7. The van der Waals surface area contributed by atoms with E-state index in [9.17, 15) is 9.59 Å². The lowest BCUT2D eigenvalue weighted by Crippen LogP contribution is -2.10. The molecule has 136 valence electrons. The molecule has 2 rings (SSSR count). The van der Waals surface area contributed by atoms with Gasteiger partial charge >= 0.3 is 11.9 Å². The molecule has 0 aromatic heterocycles. The molecule has 2 aromatic rings. The third-order valence-corrected chi connectivity index (χ3v) is 3.53. The maximum Gasteiger partial charge on any atom is 0.328 e. The van der Waals surface area contributed by atoms with Crippen LogP contribution >= 0.6 is 0 Å². The van der Waals surface area contributed by atoms with E-state index in [0.717, 1.165) is 18.1 Å². The number of ether oxygens (including phenoxy) is 2. The lowest BCUT2D eigenvalue weighted by molar-refractivity contribution is -0.134. The molecule has 0 atom stereocenters. The number of hydrogen-bond donors (Lipinski definition) is 1. The Kier molecular flexibility index (Phi) is 7.43. The number of aliphatic carboxylic acids is 1. The summed E-state index contributed by atoms with van der Waals surface area (Å²) in [6.45, 7) is 2.44. The summed E-state index contributed by atoms with van der Waals surface area (Å²) in [5.41, 5.74) is 1.73. The molecule has 0 heterocycles. The molecule has 0 aliphatic heterocycles. The van der Waals surface area contributed by atoms with E-state index in [4.69, 9.17) is 14.6 Å². The van der Waals surface area contributed by atoms with Crippen LogP contribution in [0, 0.1) is 0 Å². The van der Waals surface area contributed by atoms with Crippen LogP contribution in [-0.4, -0.2) is 23.7 Å². The van der Waals surface area contributed by atoms with Crippen molar-refractivity contribution in [2.24, 2.45) is 0 Å². The second-order valence-electron chi connectivity index (χ2n) is 5.69. The normalized spacial score (nSPS) is 10.7. The van der Waals surface area contributed by atoms with Gasteiger partial charge in [0.25, 0.3) is 0 Å². The lowest BCUT2D eigenvalue weighted by atomic mass is 10.1. The second-order valence-corrected chi connectivity index (χ2v) is 5.69. The Balaban J connectivity index is 2.05. The molecule has 0 unspecified atom stereocenters. The van der Waals surface area contributed by atoms with Crippen LogP contribution in [0.3, 0.4) is 0 Å². The van der Waals surface area contributed by atoms with Crippen molar-refractivity contribution >= 4 is 18.0 Å². The van der Waals surface area contributed by atoms with Gasteiger partial charge in [-0.25, -0.2) is 4.79 Å². The molecule has 0 saturated carbocycles. The maximum absolute atomic E-state index is 12.1. The summed E-state index contributed by atoms with van der Waals surface area (Å²) < 4.78 is 11.1. The van der Waals surface area contributed by atoms with E-state index in [0.29, 0.717) is 30.1 Å². The first-order chi connectivity index (χ1) is 12.6. The standard InChI is InChI=1S/C21H22O5/c1-2-14-25-19-15-17(9-12-20(22)23)8-11-18(19)26-21(24)13-10-16-6-4-3-5-7-16/h3-9,11-12,15H,2,10,13-14H2,1H3,(H,22,23)/b12-9+. The van der Waals surface area contributed by atoms with Gasteiger partial charge in [-0.1, -0.05) is 43.3 Å². The van der Waals surface area contributed by atoms with Gasteiger partial charge in [0.1, 0.15) is 0 Å². The highest BCUT2D eigenvalue weighted by Gasteiger charge is 2.11. The fourth-order valence-electron chi connectivity index (χ4n) is 2.27. The largest absolute Gasteiger partial charge is 0.490 e. The van der Waals surface area contributed by atoms with Crippen LogP contribution in [0.5, 0.6) is 11.5 Å². The van der Waals surface area contributed by atoms with Crippen molar-refractivity contribution in [3.05, 3.63) is 65.7 Å². The van der Waals surface area contributed by atoms with Crippen molar-refractivity contribution in [1.29, 1.82) is 0 Å². The van der Waals surface area contributed by atoms with Gasteiger partial charge in [-0.05, 0) is 42.2 Å².